The first kappa shape index (κ1) is 13.9. The first-order valence-corrected chi connectivity index (χ1v) is 6.67. The fraction of sp³-hybridized carbons (Fsp3) is 0.533. The van der Waals surface area contributed by atoms with E-state index in [1.165, 1.54) is 18.4 Å². The highest BCUT2D eigenvalue weighted by Gasteiger charge is 2.32. The van der Waals surface area contributed by atoms with Crippen LogP contribution in [0.15, 0.2) is 24.3 Å². The van der Waals surface area contributed by atoms with Crippen molar-refractivity contribution in [2.75, 3.05) is 18.6 Å². The number of para-hydroxylation sites is 1. The maximum absolute atomic E-state index is 11.6. The van der Waals surface area contributed by atoms with Crippen molar-refractivity contribution >= 4 is 11.7 Å². The highest BCUT2D eigenvalue weighted by Crippen LogP contribution is 2.32. The molecule has 4 nitrogen and oxygen atoms in total. The molecule has 104 valence electrons. The molecule has 2 N–H and O–H groups in total. The Morgan fingerprint density at radius 1 is 1.53 bits per heavy atom. The summed E-state index contributed by atoms with van der Waals surface area (Å²) in [7, 11) is 1.38. The Morgan fingerprint density at radius 2 is 2.21 bits per heavy atom. The van der Waals surface area contributed by atoms with E-state index in [4.69, 9.17) is 10.5 Å². The molecule has 0 radical (unpaired) electrons. The molecule has 1 aromatic carbocycles. The van der Waals surface area contributed by atoms with Crippen LogP contribution in [-0.2, 0) is 16.0 Å². The van der Waals surface area contributed by atoms with Gasteiger partial charge in [0.05, 0.1) is 7.11 Å². The highest BCUT2D eigenvalue weighted by atomic mass is 16.5. The van der Waals surface area contributed by atoms with Crippen LogP contribution in [0.3, 0.4) is 0 Å². The Labute approximate surface area is 114 Å². The molecule has 0 spiro atoms. The predicted octanol–water partition coefficient (Wildman–Crippen LogP) is 1.72. The third-order valence-electron chi connectivity index (χ3n) is 3.87. The van der Waals surface area contributed by atoms with Gasteiger partial charge in [0.2, 0.25) is 0 Å². The molecule has 0 bridgehead atoms. The summed E-state index contributed by atoms with van der Waals surface area (Å²) >= 11 is 0. The first-order valence-electron chi connectivity index (χ1n) is 6.67. The molecule has 1 aromatic rings. The molecule has 19 heavy (non-hydrogen) atoms. The Morgan fingerprint density at radius 3 is 2.89 bits per heavy atom. The van der Waals surface area contributed by atoms with Crippen molar-refractivity contribution in [1.29, 1.82) is 0 Å². The van der Waals surface area contributed by atoms with Crippen LogP contribution in [0.4, 0.5) is 5.69 Å². The van der Waals surface area contributed by atoms with Crippen molar-refractivity contribution in [2.45, 2.75) is 38.3 Å². The van der Waals surface area contributed by atoms with Gasteiger partial charge in [0.25, 0.3) is 0 Å². The number of hydrogen-bond acceptors (Lipinski definition) is 4. The predicted molar refractivity (Wildman–Crippen MR) is 76.2 cm³/mol. The number of fused-ring (bicyclic) bond motifs is 1. The van der Waals surface area contributed by atoms with Crippen LogP contribution in [0.25, 0.3) is 0 Å². The number of hydrogen-bond donors (Lipinski definition) is 1. The Kier molecular flexibility index (Phi) is 3.80. The van der Waals surface area contributed by atoms with Gasteiger partial charge in [0, 0.05) is 18.3 Å². The number of anilines is 1. The van der Waals surface area contributed by atoms with E-state index < -0.39 is 5.54 Å². The standard InChI is InChI=1S/C15H22N2O2/c1-11-10-12-6-4-5-7-13(12)17(11)9-8-15(2,16)14(18)19-3/h4-7,11H,8-10,16H2,1-3H3. The van der Waals surface area contributed by atoms with Gasteiger partial charge in [-0.25, -0.2) is 0 Å². The van der Waals surface area contributed by atoms with Gasteiger partial charge in [-0.05, 0) is 38.3 Å². The van der Waals surface area contributed by atoms with E-state index >= 15 is 0 Å². The van der Waals surface area contributed by atoms with Crippen molar-refractivity contribution < 1.29 is 9.53 Å². The number of ether oxygens (including phenoxy) is 1. The Balaban J connectivity index is 2.06. The lowest BCUT2D eigenvalue weighted by atomic mass is 9.99. The van der Waals surface area contributed by atoms with Gasteiger partial charge < -0.3 is 15.4 Å². The van der Waals surface area contributed by atoms with E-state index in [9.17, 15) is 4.79 Å². The van der Waals surface area contributed by atoms with Crippen LogP contribution in [0.5, 0.6) is 0 Å². The van der Waals surface area contributed by atoms with Crippen molar-refractivity contribution in [3.05, 3.63) is 29.8 Å². The van der Waals surface area contributed by atoms with Crippen molar-refractivity contribution in [1.82, 2.24) is 0 Å². The average molecular weight is 262 g/mol. The van der Waals surface area contributed by atoms with E-state index in [0.717, 1.165) is 13.0 Å². The van der Waals surface area contributed by atoms with Gasteiger partial charge in [-0.1, -0.05) is 18.2 Å². The SMILES string of the molecule is COC(=O)C(C)(N)CCN1c2ccccc2CC1C. The molecule has 4 heteroatoms. The topological polar surface area (TPSA) is 55.6 Å². The molecule has 0 saturated carbocycles. The lowest BCUT2D eigenvalue weighted by molar-refractivity contribution is -0.146. The zero-order chi connectivity index (χ0) is 14.0. The summed E-state index contributed by atoms with van der Waals surface area (Å²) in [4.78, 5) is 13.9. The van der Waals surface area contributed by atoms with Crippen LogP contribution in [0, 0.1) is 0 Å². The quantitative estimate of drug-likeness (QED) is 0.839. The molecular weight excluding hydrogens is 240 g/mol. The second-order valence-electron chi connectivity index (χ2n) is 5.53. The molecule has 1 aliphatic rings. The average Bonchev–Trinajstić information content (AvgIpc) is 2.71. The minimum atomic E-state index is -0.925. The Bertz CT molecular complexity index is 471. The summed E-state index contributed by atoms with van der Waals surface area (Å²) in [6.07, 6.45) is 1.63. The van der Waals surface area contributed by atoms with Gasteiger partial charge in [-0.3, -0.25) is 4.79 Å². The fourth-order valence-electron chi connectivity index (χ4n) is 2.66. The van der Waals surface area contributed by atoms with E-state index in [-0.39, 0.29) is 5.97 Å². The number of rotatable bonds is 4. The van der Waals surface area contributed by atoms with Gasteiger partial charge in [-0.15, -0.1) is 0 Å². The van der Waals surface area contributed by atoms with Crippen molar-refractivity contribution in [2.24, 2.45) is 5.73 Å². The number of carbonyl (C=O) groups is 1. The van der Waals surface area contributed by atoms with Crippen LogP contribution in [0.2, 0.25) is 0 Å². The third kappa shape index (κ3) is 2.73. The fourth-order valence-corrected chi connectivity index (χ4v) is 2.66. The zero-order valence-electron chi connectivity index (χ0n) is 11.8. The van der Waals surface area contributed by atoms with Gasteiger partial charge in [0.15, 0.2) is 0 Å². The lowest BCUT2D eigenvalue weighted by Crippen LogP contribution is -2.48. The summed E-state index contributed by atoms with van der Waals surface area (Å²) in [5, 5.41) is 0. The summed E-state index contributed by atoms with van der Waals surface area (Å²) in [5.74, 6) is -0.354. The molecular formula is C15H22N2O2. The van der Waals surface area contributed by atoms with Gasteiger partial charge >= 0.3 is 5.97 Å². The van der Waals surface area contributed by atoms with Crippen LogP contribution < -0.4 is 10.6 Å². The smallest absolute Gasteiger partial charge is 0.325 e. The van der Waals surface area contributed by atoms with E-state index in [2.05, 4.69) is 30.0 Å². The molecule has 0 aliphatic carbocycles. The largest absolute Gasteiger partial charge is 0.468 e. The number of carbonyl (C=O) groups excluding carboxylic acids is 1. The molecule has 2 atom stereocenters. The van der Waals surface area contributed by atoms with Crippen molar-refractivity contribution in [3.63, 3.8) is 0 Å². The minimum absolute atomic E-state index is 0.354. The molecule has 2 rings (SSSR count). The van der Waals surface area contributed by atoms with E-state index in [0.29, 0.717) is 12.5 Å². The summed E-state index contributed by atoms with van der Waals surface area (Å²) in [6.45, 7) is 4.69. The van der Waals surface area contributed by atoms with Crippen molar-refractivity contribution in [3.8, 4) is 0 Å². The van der Waals surface area contributed by atoms with E-state index in [1.54, 1.807) is 6.92 Å². The molecule has 0 saturated heterocycles. The zero-order valence-corrected chi connectivity index (χ0v) is 11.8. The number of methoxy groups -OCH3 is 1. The molecule has 0 fully saturated rings. The number of esters is 1. The molecule has 0 amide bonds. The maximum Gasteiger partial charge on any atom is 0.325 e. The molecule has 0 aromatic heterocycles. The second kappa shape index (κ2) is 5.21. The third-order valence-corrected chi connectivity index (χ3v) is 3.87. The maximum atomic E-state index is 11.6. The van der Waals surface area contributed by atoms with Gasteiger partial charge in [-0.2, -0.15) is 0 Å². The highest BCUT2D eigenvalue weighted by molar-refractivity contribution is 5.80. The normalized spacial score (nSPS) is 20.8. The first-order chi connectivity index (χ1) is 8.95. The monoisotopic (exact) mass is 262 g/mol. The number of nitrogens with two attached hydrogens (primary N) is 1. The second-order valence-corrected chi connectivity index (χ2v) is 5.53. The summed E-state index contributed by atoms with van der Waals surface area (Å²) < 4.78 is 4.74. The number of benzene rings is 1. The Hall–Kier alpha value is -1.55. The van der Waals surface area contributed by atoms with E-state index in [1.807, 2.05) is 6.07 Å². The summed E-state index contributed by atoms with van der Waals surface area (Å²) in [5.41, 5.74) is 7.72. The van der Waals surface area contributed by atoms with Crippen LogP contribution in [-0.4, -0.2) is 31.2 Å². The molecule has 1 heterocycles. The molecule has 1 aliphatic heterocycles. The van der Waals surface area contributed by atoms with Crippen LogP contribution in [0.1, 0.15) is 25.8 Å². The minimum Gasteiger partial charge on any atom is -0.468 e. The van der Waals surface area contributed by atoms with Gasteiger partial charge in [0.1, 0.15) is 5.54 Å². The van der Waals surface area contributed by atoms with Crippen LogP contribution >= 0.6 is 0 Å². The molecule has 2 unspecified atom stereocenters. The summed E-state index contributed by atoms with van der Waals surface area (Å²) in [6, 6.07) is 8.85. The lowest BCUT2D eigenvalue weighted by Gasteiger charge is -2.29. The number of nitrogens with zero attached hydrogens (tertiary/aromatic N) is 1.